The third-order valence-electron chi connectivity index (χ3n) is 4.10. The molecular formula is C20H22N2O2. The summed E-state index contributed by atoms with van der Waals surface area (Å²) in [5, 5.41) is 3.06. The second-order valence-electron chi connectivity index (χ2n) is 6.02. The Morgan fingerprint density at radius 1 is 1.08 bits per heavy atom. The van der Waals surface area contributed by atoms with Gasteiger partial charge in [0.05, 0.1) is 0 Å². The lowest BCUT2D eigenvalue weighted by atomic mass is 9.95. The Kier molecular flexibility index (Phi) is 5.61. The Hall–Kier alpha value is -2.62. The number of para-hydroxylation sites is 1. The maximum Gasteiger partial charge on any atom is 0.244 e. The van der Waals surface area contributed by atoms with E-state index >= 15 is 0 Å². The van der Waals surface area contributed by atoms with Gasteiger partial charge in [0.15, 0.2) is 0 Å². The van der Waals surface area contributed by atoms with E-state index < -0.39 is 0 Å². The summed E-state index contributed by atoms with van der Waals surface area (Å²) < 4.78 is 5.64. The first-order valence-electron chi connectivity index (χ1n) is 8.47. The highest BCUT2D eigenvalue weighted by Gasteiger charge is 2.14. The van der Waals surface area contributed by atoms with Crippen LogP contribution in [0, 0.1) is 0 Å². The minimum Gasteiger partial charge on any atom is -0.439 e. The van der Waals surface area contributed by atoms with Crippen LogP contribution in [0.5, 0.6) is 11.6 Å². The first-order valence-corrected chi connectivity index (χ1v) is 8.47. The van der Waals surface area contributed by atoms with Gasteiger partial charge < -0.3 is 10.1 Å². The van der Waals surface area contributed by atoms with Gasteiger partial charge in [0, 0.05) is 24.4 Å². The Balaban J connectivity index is 1.52. The van der Waals surface area contributed by atoms with E-state index in [0.29, 0.717) is 11.9 Å². The van der Waals surface area contributed by atoms with Crippen LogP contribution in [0.2, 0.25) is 0 Å². The Bertz CT molecular complexity index is 675. The Morgan fingerprint density at radius 3 is 2.58 bits per heavy atom. The maximum atomic E-state index is 11.9. The zero-order chi connectivity index (χ0) is 16.6. The van der Waals surface area contributed by atoms with Gasteiger partial charge in [-0.05, 0) is 42.7 Å². The monoisotopic (exact) mass is 322 g/mol. The molecule has 0 bridgehead atoms. The van der Waals surface area contributed by atoms with Gasteiger partial charge in [-0.2, -0.15) is 0 Å². The third-order valence-corrected chi connectivity index (χ3v) is 4.10. The van der Waals surface area contributed by atoms with Crippen LogP contribution in [-0.4, -0.2) is 16.9 Å². The first-order chi connectivity index (χ1) is 11.8. The number of nitrogens with one attached hydrogen (secondary N) is 1. The summed E-state index contributed by atoms with van der Waals surface area (Å²) in [7, 11) is 0. The average Bonchev–Trinajstić information content (AvgIpc) is 2.63. The van der Waals surface area contributed by atoms with Crippen LogP contribution >= 0.6 is 0 Å². The number of hydrogen-bond acceptors (Lipinski definition) is 3. The molecule has 1 aliphatic rings. The van der Waals surface area contributed by atoms with Gasteiger partial charge in [0.25, 0.3) is 0 Å². The number of carbonyl (C=O) groups is 1. The second kappa shape index (κ2) is 8.29. The summed E-state index contributed by atoms with van der Waals surface area (Å²) in [6, 6.07) is 13.5. The minimum absolute atomic E-state index is 0.0356. The molecule has 4 heteroatoms. The van der Waals surface area contributed by atoms with Crippen molar-refractivity contribution < 1.29 is 9.53 Å². The molecule has 0 atom stereocenters. The molecule has 2 aromatic rings. The largest absolute Gasteiger partial charge is 0.439 e. The zero-order valence-corrected chi connectivity index (χ0v) is 13.7. The van der Waals surface area contributed by atoms with E-state index in [9.17, 15) is 4.79 Å². The van der Waals surface area contributed by atoms with E-state index in [1.54, 1.807) is 24.4 Å². The molecule has 1 fully saturated rings. The van der Waals surface area contributed by atoms with E-state index in [0.717, 1.165) is 24.2 Å². The van der Waals surface area contributed by atoms with Crippen molar-refractivity contribution in [3.05, 3.63) is 60.3 Å². The van der Waals surface area contributed by atoms with Crippen LogP contribution in [-0.2, 0) is 4.79 Å². The molecule has 1 amide bonds. The number of pyridine rings is 1. The van der Waals surface area contributed by atoms with Crippen LogP contribution in [0.4, 0.5) is 0 Å². The SMILES string of the molecule is O=C(/C=C/c1ccc(Oc2ccccc2)nc1)NC1CCCCC1. The molecule has 0 saturated heterocycles. The Labute approximate surface area is 142 Å². The quantitative estimate of drug-likeness (QED) is 0.833. The summed E-state index contributed by atoms with van der Waals surface area (Å²) in [5.74, 6) is 1.25. The highest BCUT2D eigenvalue weighted by atomic mass is 16.5. The molecule has 24 heavy (non-hydrogen) atoms. The fraction of sp³-hybridized carbons (Fsp3) is 0.300. The van der Waals surface area contributed by atoms with Crippen molar-refractivity contribution in [2.24, 2.45) is 0 Å². The van der Waals surface area contributed by atoms with E-state index in [4.69, 9.17) is 4.74 Å². The molecule has 0 aliphatic heterocycles. The number of benzene rings is 1. The summed E-state index contributed by atoms with van der Waals surface area (Å²) in [4.78, 5) is 16.2. The normalized spacial score (nSPS) is 15.3. The van der Waals surface area contributed by atoms with Crippen molar-refractivity contribution >= 4 is 12.0 Å². The number of amides is 1. The van der Waals surface area contributed by atoms with Gasteiger partial charge in [0.2, 0.25) is 11.8 Å². The summed E-state index contributed by atoms with van der Waals surface area (Å²) in [6.07, 6.45) is 10.9. The van der Waals surface area contributed by atoms with Crippen LogP contribution < -0.4 is 10.1 Å². The number of aromatic nitrogens is 1. The van der Waals surface area contributed by atoms with E-state index in [-0.39, 0.29) is 5.91 Å². The summed E-state index contributed by atoms with van der Waals surface area (Å²) in [5.41, 5.74) is 0.870. The fourth-order valence-electron chi connectivity index (χ4n) is 2.83. The molecule has 4 nitrogen and oxygen atoms in total. The molecule has 0 spiro atoms. The van der Waals surface area contributed by atoms with Crippen LogP contribution in [0.1, 0.15) is 37.7 Å². The first kappa shape index (κ1) is 16.2. The van der Waals surface area contributed by atoms with Gasteiger partial charge in [-0.15, -0.1) is 0 Å². The predicted octanol–water partition coefficient (Wildman–Crippen LogP) is 4.34. The van der Waals surface area contributed by atoms with Gasteiger partial charge in [-0.3, -0.25) is 4.79 Å². The number of carbonyl (C=O) groups excluding carboxylic acids is 1. The van der Waals surface area contributed by atoms with Crippen molar-refractivity contribution in [1.82, 2.24) is 10.3 Å². The molecule has 1 heterocycles. The highest BCUT2D eigenvalue weighted by Crippen LogP contribution is 2.19. The van der Waals surface area contributed by atoms with Gasteiger partial charge in [-0.1, -0.05) is 37.5 Å². The molecule has 0 radical (unpaired) electrons. The van der Waals surface area contributed by atoms with Crippen LogP contribution in [0.15, 0.2) is 54.7 Å². The Morgan fingerprint density at radius 2 is 1.88 bits per heavy atom. The van der Waals surface area contributed by atoms with Crippen molar-refractivity contribution in [1.29, 1.82) is 0 Å². The standard InChI is InChI=1S/C20H22N2O2/c23-19(22-17-7-3-1-4-8-17)13-11-16-12-14-20(21-15-16)24-18-9-5-2-6-10-18/h2,5-6,9-15,17H,1,3-4,7-8H2,(H,22,23)/b13-11+. The molecular weight excluding hydrogens is 300 g/mol. The lowest BCUT2D eigenvalue weighted by Crippen LogP contribution is -2.34. The molecule has 1 N–H and O–H groups in total. The lowest BCUT2D eigenvalue weighted by molar-refractivity contribution is -0.117. The van der Waals surface area contributed by atoms with Crippen molar-refractivity contribution in [3.8, 4) is 11.6 Å². The predicted molar refractivity (Wildman–Crippen MR) is 94.8 cm³/mol. The molecule has 0 unspecified atom stereocenters. The molecule has 3 rings (SSSR count). The molecule has 1 aromatic heterocycles. The molecule has 124 valence electrons. The van der Waals surface area contributed by atoms with Gasteiger partial charge in [-0.25, -0.2) is 4.98 Å². The second-order valence-corrected chi connectivity index (χ2v) is 6.02. The van der Waals surface area contributed by atoms with E-state index in [2.05, 4.69) is 10.3 Å². The van der Waals surface area contributed by atoms with Crippen LogP contribution in [0.25, 0.3) is 6.08 Å². The fourth-order valence-corrected chi connectivity index (χ4v) is 2.83. The van der Waals surface area contributed by atoms with Crippen molar-refractivity contribution in [3.63, 3.8) is 0 Å². The number of rotatable bonds is 5. The summed E-state index contributed by atoms with van der Waals surface area (Å²) >= 11 is 0. The average molecular weight is 322 g/mol. The topological polar surface area (TPSA) is 51.2 Å². The zero-order valence-electron chi connectivity index (χ0n) is 13.7. The van der Waals surface area contributed by atoms with Gasteiger partial charge in [0.1, 0.15) is 5.75 Å². The van der Waals surface area contributed by atoms with Crippen molar-refractivity contribution in [2.75, 3.05) is 0 Å². The lowest BCUT2D eigenvalue weighted by Gasteiger charge is -2.21. The molecule has 1 aliphatic carbocycles. The molecule has 1 saturated carbocycles. The highest BCUT2D eigenvalue weighted by molar-refractivity contribution is 5.91. The summed E-state index contributed by atoms with van der Waals surface area (Å²) in [6.45, 7) is 0. The third kappa shape index (κ3) is 4.95. The number of nitrogens with zero attached hydrogens (tertiary/aromatic N) is 1. The van der Waals surface area contributed by atoms with Gasteiger partial charge >= 0.3 is 0 Å². The maximum absolute atomic E-state index is 11.9. The van der Waals surface area contributed by atoms with Crippen molar-refractivity contribution in [2.45, 2.75) is 38.1 Å². The number of hydrogen-bond donors (Lipinski definition) is 1. The molecule has 1 aromatic carbocycles. The van der Waals surface area contributed by atoms with E-state index in [1.807, 2.05) is 36.4 Å². The number of ether oxygens (including phenoxy) is 1. The minimum atomic E-state index is -0.0356. The van der Waals surface area contributed by atoms with Crippen LogP contribution in [0.3, 0.4) is 0 Å². The van der Waals surface area contributed by atoms with E-state index in [1.165, 1.54) is 19.3 Å². The smallest absolute Gasteiger partial charge is 0.244 e.